The summed E-state index contributed by atoms with van der Waals surface area (Å²) in [4.78, 5) is 18.6. The van der Waals surface area contributed by atoms with Gasteiger partial charge in [0.1, 0.15) is 5.15 Å². The van der Waals surface area contributed by atoms with E-state index in [4.69, 9.17) is 11.6 Å². The van der Waals surface area contributed by atoms with Gasteiger partial charge in [0.25, 0.3) is 5.91 Å². The molecule has 0 radical (unpaired) electrons. The predicted octanol–water partition coefficient (Wildman–Crippen LogP) is 3.80. The summed E-state index contributed by atoms with van der Waals surface area (Å²) in [6.07, 6.45) is 0. The predicted molar refractivity (Wildman–Crippen MR) is 79.6 cm³/mol. The molecule has 1 rings (SSSR count). The number of aryl methyl sites for hydroxylation is 1. The maximum Gasteiger partial charge on any atom is 0.254 e. The molecule has 0 aliphatic carbocycles. The molecule has 0 aromatic carbocycles. The molecule has 0 fully saturated rings. The lowest BCUT2D eigenvalue weighted by Crippen LogP contribution is -2.37. The second kappa shape index (κ2) is 6.90. The maximum atomic E-state index is 12.6. The van der Waals surface area contributed by atoms with E-state index in [9.17, 15) is 4.79 Å². The molecule has 3 nitrogen and oxygen atoms in total. The zero-order valence-corrected chi connectivity index (χ0v) is 13.2. The number of amides is 1. The number of hydrogen-bond donors (Lipinski definition) is 0. The molecular formula is C15H23ClN2O. The fourth-order valence-electron chi connectivity index (χ4n) is 2.06. The quantitative estimate of drug-likeness (QED) is 0.770. The Morgan fingerprint density at radius 2 is 1.74 bits per heavy atom. The molecule has 0 unspecified atom stereocenters. The van der Waals surface area contributed by atoms with Gasteiger partial charge in [0, 0.05) is 24.3 Å². The standard InChI is InChI=1S/C15H23ClN2O/c1-10(2)8-18(9-11(3)4)15(19)13-6-12(5)17-14(16)7-13/h6-7,10-11H,8-9H2,1-5H3. The van der Waals surface area contributed by atoms with Crippen LogP contribution in [-0.4, -0.2) is 28.9 Å². The van der Waals surface area contributed by atoms with E-state index in [1.54, 1.807) is 12.1 Å². The highest BCUT2D eigenvalue weighted by Crippen LogP contribution is 2.15. The molecule has 0 atom stereocenters. The van der Waals surface area contributed by atoms with Crippen molar-refractivity contribution < 1.29 is 4.79 Å². The second-order valence-electron chi connectivity index (χ2n) is 5.82. The first-order valence-electron chi connectivity index (χ1n) is 6.73. The highest BCUT2D eigenvalue weighted by molar-refractivity contribution is 6.29. The van der Waals surface area contributed by atoms with E-state index in [2.05, 4.69) is 32.7 Å². The summed E-state index contributed by atoms with van der Waals surface area (Å²) in [5.41, 5.74) is 1.39. The highest BCUT2D eigenvalue weighted by Gasteiger charge is 2.18. The Morgan fingerprint density at radius 3 is 2.16 bits per heavy atom. The van der Waals surface area contributed by atoms with Gasteiger partial charge < -0.3 is 4.90 Å². The number of nitrogens with zero attached hydrogens (tertiary/aromatic N) is 2. The molecule has 1 aromatic heterocycles. The molecule has 1 aromatic rings. The Bertz CT molecular complexity index is 414. The van der Waals surface area contributed by atoms with Gasteiger partial charge in [0.2, 0.25) is 0 Å². The summed E-state index contributed by atoms with van der Waals surface area (Å²) < 4.78 is 0. The largest absolute Gasteiger partial charge is 0.338 e. The Kier molecular flexibility index (Phi) is 5.80. The highest BCUT2D eigenvalue weighted by atomic mass is 35.5. The Morgan fingerprint density at radius 1 is 1.21 bits per heavy atom. The van der Waals surface area contributed by atoms with Crippen LogP contribution >= 0.6 is 11.6 Å². The topological polar surface area (TPSA) is 33.2 Å². The molecule has 0 bridgehead atoms. The molecule has 4 heteroatoms. The van der Waals surface area contributed by atoms with E-state index in [-0.39, 0.29) is 5.91 Å². The lowest BCUT2D eigenvalue weighted by atomic mass is 10.1. The fourth-order valence-corrected chi connectivity index (χ4v) is 2.31. The number of hydrogen-bond acceptors (Lipinski definition) is 2. The molecule has 0 aliphatic heterocycles. The minimum absolute atomic E-state index is 0.0369. The van der Waals surface area contributed by atoms with Crippen LogP contribution in [0, 0.1) is 18.8 Å². The van der Waals surface area contributed by atoms with Gasteiger partial charge in [-0.05, 0) is 30.9 Å². The van der Waals surface area contributed by atoms with Gasteiger partial charge in [-0.3, -0.25) is 4.79 Å². The summed E-state index contributed by atoms with van der Waals surface area (Å²) in [7, 11) is 0. The van der Waals surface area contributed by atoms with Crippen LogP contribution in [0.25, 0.3) is 0 Å². The minimum Gasteiger partial charge on any atom is -0.338 e. The van der Waals surface area contributed by atoms with Gasteiger partial charge in [-0.1, -0.05) is 39.3 Å². The minimum atomic E-state index is 0.0369. The van der Waals surface area contributed by atoms with E-state index in [0.29, 0.717) is 22.6 Å². The van der Waals surface area contributed by atoms with Gasteiger partial charge in [0.05, 0.1) is 0 Å². The van der Waals surface area contributed by atoms with Gasteiger partial charge >= 0.3 is 0 Å². The van der Waals surface area contributed by atoms with Crippen molar-refractivity contribution in [2.75, 3.05) is 13.1 Å². The average molecular weight is 283 g/mol. The Labute approximate surface area is 121 Å². The van der Waals surface area contributed by atoms with E-state index in [1.807, 2.05) is 11.8 Å². The summed E-state index contributed by atoms with van der Waals surface area (Å²) >= 11 is 5.93. The summed E-state index contributed by atoms with van der Waals surface area (Å²) in [5.74, 6) is 0.928. The van der Waals surface area contributed by atoms with Crippen molar-refractivity contribution in [1.82, 2.24) is 9.88 Å². The monoisotopic (exact) mass is 282 g/mol. The zero-order valence-electron chi connectivity index (χ0n) is 12.4. The Hall–Kier alpha value is -1.09. The summed E-state index contributed by atoms with van der Waals surface area (Å²) in [6.45, 7) is 11.8. The van der Waals surface area contributed by atoms with Crippen molar-refractivity contribution in [3.63, 3.8) is 0 Å². The van der Waals surface area contributed by atoms with Crippen LogP contribution in [0.2, 0.25) is 5.15 Å². The lowest BCUT2D eigenvalue weighted by molar-refractivity contribution is 0.0715. The van der Waals surface area contributed by atoms with Crippen molar-refractivity contribution in [2.24, 2.45) is 11.8 Å². The van der Waals surface area contributed by atoms with Crippen LogP contribution in [0.4, 0.5) is 0 Å². The molecule has 106 valence electrons. The lowest BCUT2D eigenvalue weighted by Gasteiger charge is -2.26. The van der Waals surface area contributed by atoms with Crippen LogP contribution in [0.15, 0.2) is 12.1 Å². The van der Waals surface area contributed by atoms with E-state index < -0.39 is 0 Å². The van der Waals surface area contributed by atoms with Crippen molar-refractivity contribution in [2.45, 2.75) is 34.6 Å². The Balaban J connectivity index is 2.97. The number of pyridine rings is 1. The number of rotatable bonds is 5. The van der Waals surface area contributed by atoms with Gasteiger partial charge in [-0.25, -0.2) is 4.98 Å². The SMILES string of the molecule is Cc1cc(C(=O)N(CC(C)C)CC(C)C)cc(Cl)n1. The maximum absolute atomic E-state index is 12.6. The number of aromatic nitrogens is 1. The van der Waals surface area contributed by atoms with Crippen LogP contribution in [0.3, 0.4) is 0 Å². The summed E-state index contributed by atoms with van der Waals surface area (Å²) in [6, 6.07) is 3.44. The second-order valence-corrected chi connectivity index (χ2v) is 6.21. The zero-order chi connectivity index (χ0) is 14.6. The number of halogens is 1. The fraction of sp³-hybridized carbons (Fsp3) is 0.600. The number of carbonyl (C=O) groups excluding carboxylic acids is 1. The molecule has 1 heterocycles. The van der Waals surface area contributed by atoms with Crippen molar-refractivity contribution >= 4 is 17.5 Å². The van der Waals surface area contributed by atoms with E-state index in [1.165, 1.54) is 0 Å². The van der Waals surface area contributed by atoms with Crippen LogP contribution < -0.4 is 0 Å². The molecule has 19 heavy (non-hydrogen) atoms. The van der Waals surface area contributed by atoms with Crippen molar-refractivity contribution in [3.8, 4) is 0 Å². The number of carbonyl (C=O) groups is 1. The third-order valence-corrected chi connectivity index (χ3v) is 2.82. The molecule has 0 aliphatic rings. The summed E-state index contributed by atoms with van der Waals surface area (Å²) in [5, 5.41) is 0.373. The third kappa shape index (κ3) is 5.19. The van der Waals surface area contributed by atoms with Gasteiger partial charge in [0.15, 0.2) is 0 Å². The molecule has 0 spiro atoms. The van der Waals surface area contributed by atoms with Gasteiger partial charge in [-0.15, -0.1) is 0 Å². The first-order chi connectivity index (χ1) is 8.79. The smallest absolute Gasteiger partial charge is 0.254 e. The van der Waals surface area contributed by atoms with Gasteiger partial charge in [-0.2, -0.15) is 0 Å². The first kappa shape index (κ1) is 16.0. The average Bonchev–Trinajstić information content (AvgIpc) is 2.24. The van der Waals surface area contributed by atoms with E-state index >= 15 is 0 Å². The molecule has 0 saturated carbocycles. The van der Waals surface area contributed by atoms with Crippen LogP contribution in [0.5, 0.6) is 0 Å². The normalized spacial score (nSPS) is 11.2. The third-order valence-electron chi connectivity index (χ3n) is 2.63. The molecule has 0 N–H and O–H groups in total. The molecule has 0 saturated heterocycles. The van der Waals surface area contributed by atoms with Crippen molar-refractivity contribution in [1.29, 1.82) is 0 Å². The van der Waals surface area contributed by atoms with Crippen molar-refractivity contribution in [3.05, 3.63) is 28.5 Å². The van der Waals surface area contributed by atoms with E-state index in [0.717, 1.165) is 18.8 Å². The molecular weight excluding hydrogens is 260 g/mol. The van der Waals surface area contributed by atoms with Crippen LogP contribution in [-0.2, 0) is 0 Å². The van der Waals surface area contributed by atoms with Crippen LogP contribution in [0.1, 0.15) is 43.7 Å². The first-order valence-corrected chi connectivity index (χ1v) is 7.10. The molecule has 1 amide bonds.